The zero-order chi connectivity index (χ0) is 39.5. The Labute approximate surface area is 352 Å². The van der Waals surface area contributed by atoms with Gasteiger partial charge in [-0.25, -0.2) is 0 Å². The van der Waals surface area contributed by atoms with E-state index in [0.29, 0.717) is 47.5 Å². The number of ether oxygens (including phenoxy) is 1. The molecule has 1 N–H and O–H groups in total. The molecule has 11 rings (SSSR count). The number of para-hydroxylation sites is 1. The van der Waals surface area contributed by atoms with Crippen molar-refractivity contribution in [2.24, 2.45) is 58.3 Å². The third-order valence-corrected chi connectivity index (χ3v) is 16.8. The van der Waals surface area contributed by atoms with Gasteiger partial charge in [0, 0.05) is 22.6 Å². The van der Waals surface area contributed by atoms with Crippen LogP contribution in [0.15, 0.2) is 137 Å². The maximum Gasteiger partial charge on any atom is 0.145 e. The van der Waals surface area contributed by atoms with Gasteiger partial charge in [-0.15, -0.1) is 0 Å². The first-order valence-corrected chi connectivity index (χ1v) is 23.5. The Bertz CT molecular complexity index is 2260. The van der Waals surface area contributed by atoms with Crippen LogP contribution < -0.4 is 10.1 Å². The van der Waals surface area contributed by atoms with Crippen molar-refractivity contribution in [3.05, 3.63) is 143 Å². The number of nitrogens with one attached hydrogen (secondary N) is 1. The normalized spacial score (nSPS) is 38.3. The summed E-state index contributed by atoms with van der Waals surface area (Å²) < 4.78 is 7.04. The average molecular weight is 780 g/mol. The minimum atomic E-state index is -0.0799. The first kappa shape index (κ1) is 37.4. The minimum Gasteiger partial charge on any atom is -0.490 e. The fraction of sp³-hybridized carbons (Fsp3) is 0.491. The van der Waals surface area contributed by atoms with E-state index >= 15 is 0 Å². The van der Waals surface area contributed by atoms with Crippen molar-refractivity contribution in [1.29, 1.82) is 5.26 Å². The molecule has 0 aromatic heterocycles. The van der Waals surface area contributed by atoms with Gasteiger partial charge in [-0.2, -0.15) is 5.26 Å². The van der Waals surface area contributed by atoms with E-state index in [4.69, 9.17) is 9.73 Å². The quantitative estimate of drug-likeness (QED) is 0.308. The molecular weight excluding hydrogens is 719 g/mol. The molecule has 3 fully saturated rings. The van der Waals surface area contributed by atoms with Crippen molar-refractivity contribution >= 4 is 11.4 Å². The second kappa shape index (κ2) is 15.4. The van der Waals surface area contributed by atoms with E-state index in [1.165, 1.54) is 104 Å². The molecule has 0 bridgehead atoms. The number of fused-ring (bicyclic) bond motifs is 9. The second-order valence-electron chi connectivity index (χ2n) is 19.6. The smallest absolute Gasteiger partial charge is 0.145 e. The van der Waals surface area contributed by atoms with Crippen LogP contribution in [0.2, 0.25) is 0 Å². The van der Waals surface area contributed by atoms with Crippen LogP contribution in [0.1, 0.15) is 108 Å². The predicted octanol–water partition coefficient (Wildman–Crippen LogP) is 12.6. The molecule has 0 saturated heterocycles. The SMILES string of the molecule is CC1=C(c2ccccc2)NC(C2=CCCC=C2)N=C1C1=CCC(C2C=C3C(CC2)C2CCC(C4C=CC(C#N)CC4)CC2C32c3ccccc3OC3CCCCC32)C=C1. The van der Waals surface area contributed by atoms with E-state index in [-0.39, 0.29) is 17.5 Å². The lowest BCUT2D eigenvalue weighted by Gasteiger charge is -2.55. The zero-order valence-corrected chi connectivity index (χ0v) is 34.9. The van der Waals surface area contributed by atoms with Gasteiger partial charge in [0.15, 0.2) is 0 Å². The van der Waals surface area contributed by atoms with Crippen molar-refractivity contribution in [3.8, 4) is 11.8 Å². The highest BCUT2D eigenvalue weighted by molar-refractivity contribution is 6.18. The highest BCUT2D eigenvalue weighted by Gasteiger charge is 2.66. The van der Waals surface area contributed by atoms with Gasteiger partial charge in [-0.1, -0.05) is 115 Å². The number of rotatable bonds is 5. The molecular formula is C55H61N3O. The fourth-order valence-electron chi connectivity index (χ4n) is 14.2. The maximum atomic E-state index is 9.66. The van der Waals surface area contributed by atoms with Gasteiger partial charge < -0.3 is 10.1 Å². The first-order valence-electron chi connectivity index (χ1n) is 23.5. The predicted molar refractivity (Wildman–Crippen MR) is 239 cm³/mol. The molecule has 7 aliphatic carbocycles. The molecule has 1 spiro atoms. The van der Waals surface area contributed by atoms with Crippen molar-refractivity contribution < 1.29 is 4.74 Å². The zero-order valence-electron chi connectivity index (χ0n) is 34.9. The third kappa shape index (κ3) is 6.32. The lowest BCUT2D eigenvalue weighted by molar-refractivity contribution is -0.00995. The fourth-order valence-corrected chi connectivity index (χ4v) is 14.2. The molecule has 12 unspecified atom stereocenters. The highest BCUT2D eigenvalue weighted by atomic mass is 16.5. The number of allylic oxidation sites excluding steroid dienone is 11. The van der Waals surface area contributed by atoms with Gasteiger partial charge in [-0.3, -0.25) is 4.99 Å². The summed E-state index contributed by atoms with van der Waals surface area (Å²) in [6, 6.07) is 22.7. The minimum absolute atomic E-state index is 0.0659. The number of nitriles is 1. The van der Waals surface area contributed by atoms with Crippen LogP contribution in [0.3, 0.4) is 0 Å². The van der Waals surface area contributed by atoms with Crippen LogP contribution in [0.5, 0.6) is 5.75 Å². The lowest BCUT2D eigenvalue weighted by Crippen LogP contribution is -2.54. The summed E-state index contributed by atoms with van der Waals surface area (Å²) in [4.78, 5) is 5.44. The molecule has 0 amide bonds. The monoisotopic (exact) mass is 779 g/mol. The number of aliphatic imine (C=N–C) groups is 1. The van der Waals surface area contributed by atoms with E-state index in [9.17, 15) is 5.26 Å². The molecule has 4 nitrogen and oxygen atoms in total. The topological polar surface area (TPSA) is 57.4 Å². The van der Waals surface area contributed by atoms with Gasteiger partial charge in [0.1, 0.15) is 18.0 Å². The third-order valence-electron chi connectivity index (χ3n) is 16.8. The lowest BCUT2D eigenvalue weighted by atomic mass is 9.52. The van der Waals surface area contributed by atoms with E-state index in [1.807, 2.05) is 5.57 Å². The molecule has 9 aliphatic rings. The van der Waals surface area contributed by atoms with Crippen LogP contribution in [0, 0.1) is 64.6 Å². The van der Waals surface area contributed by atoms with Crippen molar-refractivity contribution in [1.82, 2.24) is 5.32 Å². The molecule has 2 aliphatic heterocycles. The molecule has 12 atom stereocenters. The van der Waals surface area contributed by atoms with Crippen LogP contribution >= 0.6 is 0 Å². The first-order chi connectivity index (χ1) is 29.1. The summed E-state index contributed by atoms with van der Waals surface area (Å²) in [5.41, 5.74) is 10.7. The molecule has 59 heavy (non-hydrogen) atoms. The Hall–Kier alpha value is -4.62. The molecule has 0 radical (unpaired) electrons. The molecule has 302 valence electrons. The highest BCUT2D eigenvalue weighted by Crippen LogP contribution is 2.70. The number of nitrogens with zero attached hydrogens (tertiary/aromatic N) is 2. The summed E-state index contributed by atoms with van der Waals surface area (Å²) in [5.74, 6) is 6.31. The van der Waals surface area contributed by atoms with Crippen LogP contribution in [0.25, 0.3) is 5.70 Å². The summed E-state index contributed by atoms with van der Waals surface area (Å²) in [6.07, 6.45) is 39.5. The Morgan fingerprint density at radius 1 is 0.797 bits per heavy atom. The average Bonchev–Trinajstić information content (AvgIpc) is 3.59. The van der Waals surface area contributed by atoms with Crippen molar-refractivity contribution in [2.75, 3.05) is 0 Å². The number of benzene rings is 2. The van der Waals surface area contributed by atoms with Gasteiger partial charge in [0.05, 0.1) is 17.7 Å². The number of hydrogen-bond acceptors (Lipinski definition) is 4. The molecule has 4 heteroatoms. The largest absolute Gasteiger partial charge is 0.490 e. The Kier molecular flexibility index (Phi) is 9.79. The summed E-state index contributed by atoms with van der Waals surface area (Å²) >= 11 is 0. The molecule has 3 saturated carbocycles. The van der Waals surface area contributed by atoms with E-state index < -0.39 is 0 Å². The Morgan fingerprint density at radius 2 is 1.66 bits per heavy atom. The van der Waals surface area contributed by atoms with Gasteiger partial charge in [-0.05, 0) is 160 Å². The summed E-state index contributed by atoms with van der Waals surface area (Å²) in [5, 5.41) is 13.5. The van der Waals surface area contributed by atoms with Crippen molar-refractivity contribution in [2.45, 2.75) is 114 Å². The van der Waals surface area contributed by atoms with E-state index in [2.05, 4.69) is 128 Å². The Morgan fingerprint density at radius 3 is 2.47 bits per heavy atom. The van der Waals surface area contributed by atoms with Crippen LogP contribution in [-0.4, -0.2) is 18.0 Å². The van der Waals surface area contributed by atoms with Crippen molar-refractivity contribution in [3.63, 3.8) is 0 Å². The van der Waals surface area contributed by atoms with E-state index in [0.717, 1.165) is 37.3 Å². The Balaban J connectivity index is 0.941. The maximum absolute atomic E-state index is 9.66. The van der Waals surface area contributed by atoms with Gasteiger partial charge in [0.2, 0.25) is 0 Å². The molecule has 2 aromatic rings. The van der Waals surface area contributed by atoms with E-state index in [1.54, 1.807) is 0 Å². The van der Waals surface area contributed by atoms with Gasteiger partial charge >= 0.3 is 0 Å². The number of hydrogen-bond donors (Lipinski definition) is 1. The standard InChI is InChI=1S/C55H61N3O/c1-35-52(39-12-4-2-5-13-39)57-54(41-14-6-3-7-15-41)58-53(35)40-26-24-38(25-27-40)43-29-31-45-44-30-28-42(37-22-20-36(34-56)21-23-37)32-48(44)55(49(45)33-43)46-16-8-10-18-50(46)59-51-19-11-9-17-47(51)55/h2,4-6,8,10,12-16,18,20,22,24,26-27,33,36-38,42-45,47-48,51,54,57H,3,7,9,11,17,19,21,23,25,28-32H2,1H3. The molecule has 2 heterocycles. The molecule has 2 aromatic carbocycles. The van der Waals surface area contributed by atoms with Crippen LogP contribution in [0.4, 0.5) is 0 Å². The second-order valence-corrected chi connectivity index (χ2v) is 19.6. The van der Waals surface area contributed by atoms with Crippen LogP contribution in [-0.2, 0) is 5.41 Å². The van der Waals surface area contributed by atoms with Gasteiger partial charge in [0.25, 0.3) is 0 Å². The summed E-state index contributed by atoms with van der Waals surface area (Å²) in [7, 11) is 0. The summed E-state index contributed by atoms with van der Waals surface area (Å²) in [6.45, 7) is 2.25.